The van der Waals surface area contributed by atoms with Crippen LogP contribution in [0.3, 0.4) is 0 Å². The largest absolute Gasteiger partial charge is 0.477 e. The SMILES string of the molecule is CCNC(=O)c1cc(-c2ccc([N+](=O)[O-])cc2)cc(C(=O)O)n1.CCNC(=O)c1cc(-c2ccc([N+](=O)[O-])cc2)cc(C(=O)O)n1.CCNC(=O)c1cc(-c2ccc([N+](=O)[O-])cc2)cc(C(=O)O)n1.[Eu]. The molecule has 0 saturated heterocycles. The zero-order valence-corrected chi connectivity index (χ0v) is 39.2. The van der Waals surface area contributed by atoms with E-state index in [1.165, 1.54) is 109 Å². The van der Waals surface area contributed by atoms with Crippen LogP contribution in [-0.4, -0.2) is 100 Å². The van der Waals surface area contributed by atoms with Crippen molar-refractivity contribution in [3.8, 4) is 33.4 Å². The Morgan fingerprint density at radius 1 is 0.400 bits per heavy atom. The Labute approximate surface area is 436 Å². The van der Waals surface area contributed by atoms with E-state index in [-0.39, 0.29) is 101 Å². The third-order valence-corrected chi connectivity index (χ3v) is 9.08. The van der Waals surface area contributed by atoms with Gasteiger partial charge in [-0.05, 0) is 127 Å². The number of pyridine rings is 3. The topological polar surface area (TPSA) is 367 Å². The van der Waals surface area contributed by atoms with E-state index in [1.807, 2.05) is 0 Å². The fourth-order valence-electron chi connectivity index (χ4n) is 5.85. The molecule has 3 heterocycles. The van der Waals surface area contributed by atoms with Gasteiger partial charge in [-0.1, -0.05) is 0 Å². The maximum atomic E-state index is 11.9. The number of carbonyl (C=O) groups excluding carboxylic acids is 3. The summed E-state index contributed by atoms with van der Waals surface area (Å²) in [7, 11) is 0. The predicted octanol–water partition coefficient (Wildman–Crippen LogP) is 6.31. The summed E-state index contributed by atoms with van der Waals surface area (Å²) in [6.45, 7) is 6.34. The molecule has 361 valence electrons. The zero-order valence-electron chi connectivity index (χ0n) is 36.8. The Balaban J connectivity index is 0.000000276. The number of nitro benzene ring substituents is 3. The maximum absolute atomic E-state index is 11.9. The molecule has 0 saturated carbocycles. The predicted molar refractivity (Wildman–Crippen MR) is 244 cm³/mol. The molecule has 3 amide bonds. The molecule has 25 heteroatoms. The fraction of sp³-hybridized carbons (Fsp3) is 0.133. The summed E-state index contributed by atoms with van der Waals surface area (Å²) in [6, 6.07) is 25.0. The molecule has 0 aliphatic carbocycles. The molecule has 3 aromatic carbocycles. The van der Waals surface area contributed by atoms with E-state index in [4.69, 9.17) is 15.3 Å². The second kappa shape index (κ2) is 26.3. The summed E-state index contributed by atoms with van der Waals surface area (Å²) in [5, 5.41) is 67.0. The number of hydrogen-bond donors (Lipinski definition) is 6. The van der Waals surface area contributed by atoms with Gasteiger partial charge in [0.05, 0.1) is 14.8 Å². The molecule has 6 N–H and O–H groups in total. The van der Waals surface area contributed by atoms with Crippen molar-refractivity contribution in [1.29, 1.82) is 0 Å². The normalized spacial score (nSPS) is 9.99. The Morgan fingerprint density at radius 2 is 0.600 bits per heavy atom. The number of benzene rings is 3. The van der Waals surface area contributed by atoms with Gasteiger partial charge in [-0.2, -0.15) is 0 Å². The van der Waals surface area contributed by atoms with Crippen LogP contribution >= 0.6 is 0 Å². The van der Waals surface area contributed by atoms with Crippen LogP contribution in [0.25, 0.3) is 33.4 Å². The number of carbonyl (C=O) groups is 6. The summed E-state index contributed by atoms with van der Waals surface area (Å²) in [5.41, 5.74) is 1.81. The average molecular weight is 1100 g/mol. The summed E-state index contributed by atoms with van der Waals surface area (Å²) in [6.07, 6.45) is 0. The molecule has 1 radical (unpaired) electrons. The van der Waals surface area contributed by atoms with Crippen molar-refractivity contribution in [1.82, 2.24) is 30.9 Å². The van der Waals surface area contributed by atoms with E-state index in [0.717, 1.165) is 0 Å². The van der Waals surface area contributed by atoms with E-state index in [0.29, 0.717) is 53.0 Å². The average Bonchev–Trinajstić information content (AvgIpc) is 3.34. The van der Waals surface area contributed by atoms with Gasteiger partial charge in [0.25, 0.3) is 34.8 Å². The molecular formula is C45H39EuN9O15. The van der Waals surface area contributed by atoms with Gasteiger partial charge in [0.15, 0.2) is 0 Å². The van der Waals surface area contributed by atoms with Crippen LogP contribution in [-0.2, 0) is 0 Å². The fourth-order valence-corrected chi connectivity index (χ4v) is 5.85. The zero-order chi connectivity index (χ0) is 50.9. The smallest absolute Gasteiger partial charge is 0.354 e. The molecule has 3 aromatic heterocycles. The van der Waals surface area contributed by atoms with Crippen LogP contribution in [0.4, 0.5) is 17.1 Å². The number of non-ortho nitro benzene ring substituents is 3. The van der Waals surface area contributed by atoms with Crippen molar-refractivity contribution in [3.63, 3.8) is 0 Å². The molecule has 0 fully saturated rings. The van der Waals surface area contributed by atoms with Crippen LogP contribution in [0.15, 0.2) is 109 Å². The van der Waals surface area contributed by atoms with Crippen molar-refractivity contribution >= 4 is 52.7 Å². The molecule has 0 spiro atoms. The van der Waals surface area contributed by atoms with Crippen molar-refractivity contribution < 1.29 is 108 Å². The number of hydrogen-bond acceptors (Lipinski definition) is 15. The molecule has 0 aliphatic rings. The minimum atomic E-state index is -1.26. The molecule has 0 unspecified atom stereocenters. The quantitative estimate of drug-likeness (QED) is 0.0484. The number of nitrogens with zero attached hydrogens (tertiary/aromatic N) is 6. The van der Waals surface area contributed by atoms with Gasteiger partial charge in [0.1, 0.15) is 34.2 Å². The molecule has 0 bridgehead atoms. The van der Waals surface area contributed by atoms with Crippen LogP contribution in [0, 0.1) is 79.7 Å². The number of amides is 3. The second-order valence-corrected chi connectivity index (χ2v) is 13.8. The van der Waals surface area contributed by atoms with E-state index >= 15 is 0 Å². The summed E-state index contributed by atoms with van der Waals surface area (Å²) in [5.74, 6) is -5.26. The van der Waals surface area contributed by atoms with Gasteiger partial charge < -0.3 is 31.3 Å². The molecule has 6 aromatic rings. The van der Waals surface area contributed by atoms with Crippen molar-refractivity contribution in [2.45, 2.75) is 20.8 Å². The Bertz CT molecular complexity index is 2640. The first kappa shape index (κ1) is 56.0. The molecule has 24 nitrogen and oxygen atoms in total. The van der Waals surface area contributed by atoms with Crippen LogP contribution in [0.5, 0.6) is 0 Å². The van der Waals surface area contributed by atoms with Gasteiger partial charge in [-0.15, -0.1) is 0 Å². The molecule has 6 rings (SSSR count). The molecular weight excluding hydrogens is 1060 g/mol. The Hall–Kier alpha value is -8.29. The first-order chi connectivity index (χ1) is 32.8. The third kappa shape index (κ3) is 15.6. The molecule has 0 atom stereocenters. The Morgan fingerprint density at radius 3 is 0.771 bits per heavy atom. The van der Waals surface area contributed by atoms with Gasteiger partial charge in [0.2, 0.25) is 0 Å². The minimum Gasteiger partial charge on any atom is -0.477 e. The van der Waals surface area contributed by atoms with Crippen molar-refractivity contribution in [3.05, 3.63) is 174 Å². The van der Waals surface area contributed by atoms with Gasteiger partial charge >= 0.3 is 17.9 Å². The molecule has 0 aliphatic heterocycles. The van der Waals surface area contributed by atoms with E-state index in [1.54, 1.807) is 20.8 Å². The number of carboxylic acids is 3. The number of nitro groups is 3. The maximum Gasteiger partial charge on any atom is 0.354 e. The number of rotatable bonds is 15. The first-order valence-corrected chi connectivity index (χ1v) is 20.1. The van der Waals surface area contributed by atoms with Crippen LogP contribution in [0.2, 0.25) is 0 Å². The minimum absolute atomic E-state index is 0. The van der Waals surface area contributed by atoms with Crippen molar-refractivity contribution in [2.75, 3.05) is 19.6 Å². The van der Waals surface area contributed by atoms with Gasteiger partial charge in [-0.25, -0.2) is 29.3 Å². The van der Waals surface area contributed by atoms with E-state index in [9.17, 15) is 59.1 Å². The second-order valence-electron chi connectivity index (χ2n) is 13.8. The monoisotopic (exact) mass is 1100 g/mol. The summed E-state index contributed by atoms with van der Waals surface area (Å²) < 4.78 is 0. The Kier molecular flexibility index (Phi) is 21.1. The summed E-state index contributed by atoms with van der Waals surface area (Å²) in [4.78, 5) is 111. The standard InChI is InChI=1S/3C15H13N3O5.Eu/c3*1-2-16-14(19)12-7-10(8-13(17-12)15(20)21)9-3-5-11(6-4-9)18(22)23;/h3*3-8H,2H2,1H3,(H,16,19)(H,20,21);. The van der Waals surface area contributed by atoms with Gasteiger partial charge in [0, 0.05) is 105 Å². The van der Waals surface area contributed by atoms with Gasteiger partial charge in [-0.3, -0.25) is 44.7 Å². The number of aromatic nitrogens is 3. The number of carboxylic acid groups (broad SMARTS) is 3. The number of aromatic carboxylic acids is 3. The van der Waals surface area contributed by atoms with E-state index in [2.05, 4.69) is 30.9 Å². The van der Waals surface area contributed by atoms with Crippen LogP contribution < -0.4 is 16.0 Å². The van der Waals surface area contributed by atoms with Crippen molar-refractivity contribution in [2.24, 2.45) is 0 Å². The number of nitrogens with one attached hydrogen (secondary N) is 3. The van der Waals surface area contributed by atoms with Crippen LogP contribution in [0.1, 0.15) is 83.7 Å². The third-order valence-electron chi connectivity index (χ3n) is 9.08. The first-order valence-electron chi connectivity index (χ1n) is 20.1. The van der Waals surface area contributed by atoms with E-state index < -0.39 is 50.4 Å². The molecule has 70 heavy (non-hydrogen) atoms. The summed E-state index contributed by atoms with van der Waals surface area (Å²) >= 11 is 0.